The van der Waals surface area contributed by atoms with Crippen LogP contribution in [0.3, 0.4) is 0 Å². The molecule has 8 heteroatoms. The van der Waals surface area contributed by atoms with Crippen molar-refractivity contribution < 1.29 is 27.1 Å². The van der Waals surface area contributed by atoms with E-state index in [1.807, 2.05) is 0 Å². The van der Waals surface area contributed by atoms with E-state index in [4.69, 9.17) is 17.5 Å². The molecule has 2 N–H and O–H groups in total. The maximum Gasteiger partial charge on any atom is 0.394 e. The highest BCUT2D eigenvalue weighted by Crippen LogP contribution is 2.07. The molecule has 1 aliphatic heterocycles. The highest BCUT2D eigenvalue weighted by atomic mass is 32.3. The third kappa shape index (κ3) is 6.20. The Balaban J connectivity index is 0.000000252. The van der Waals surface area contributed by atoms with Crippen molar-refractivity contribution in [1.29, 1.82) is 0 Å². The Morgan fingerprint density at radius 3 is 1.46 bits per heavy atom. The van der Waals surface area contributed by atoms with Gasteiger partial charge in [-0.25, -0.2) is 0 Å². The SMILES string of the molecule is CN1C(=O)CCC1=O.O=S(=O)(O)O. The van der Waals surface area contributed by atoms with Gasteiger partial charge in [-0.2, -0.15) is 8.42 Å². The Labute approximate surface area is 74.9 Å². The minimum Gasteiger partial charge on any atom is -0.286 e. The normalized spacial score (nSPS) is 17.0. The smallest absolute Gasteiger partial charge is 0.286 e. The molecule has 1 saturated heterocycles. The van der Waals surface area contributed by atoms with E-state index in [1.54, 1.807) is 0 Å². The highest BCUT2D eigenvalue weighted by molar-refractivity contribution is 7.79. The molecule has 1 aliphatic rings. The number of hydrogen-bond acceptors (Lipinski definition) is 4. The lowest BCUT2D eigenvalue weighted by atomic mass is 10.4. The van der Waals surface area contributed by atoms with Gasteiger partial charge < -0.3 is 0 Å². The summed E-state index contributed by atoms with van der Waals surface area (Å²) in [7, 11) is -3.16. The van der Waals surface area contributed by atoms with Crippen LogP contribution in [0.4, 0.5) is 0 Å². The zero-order valence-electron chi connectivity index (χ0n) is 6.80. The monoisotopic (exact) mass is 211 g/mol. The summed E-state index contributed by atoms with van der Waals surface area (Å²) in [4.78, 5) is 22.1. The fourth-order valence-electron chi connectivity index (χ4n) is 0.688. The number of imide groups is 1. The Morgan fingerprint density at radius 1 is 1.15 bits per heavy atom. The van der Waals surface area contributed by atoms with Crippen LogP contribution in [0.25, 0.3) is 0 Å². The van der Waals surface area contributed by atoms with E-state index in [0.717, 1.165) is 0 Å². The summed E-state index contributed by atoms with van der Waals surface area (Å²) < 4.78 is 31.6. The largest absolute Gasteiger partial charge is 0.394 e. The first kappa shape index (κ1) is 12.0. The van der Waals surface area contributed by atoms with Gasteiger partial charge in [0, 0.05) is 19.9 Å². The lowest BCUT2D eigenvalue weighted by Gasteiger charge is -2.01. The predicted molar refractivity (Wildman–Crippen MR) is 41.2 cm³/mol. The number of amides is 2. The Morgan fingerprint density at radius 2 is 1.38 bits per heavy atom. The topological polar surface area (TPSA) is 112 Å². The van der Waals surface area contributed by atoms with E-state index in [2.05, 4.69) is 0 Å². The lowest BCUT2D eigenvalue weighted by Crippen LogP contribution is -2.23. The molecule has 76 valence electrons. The Hall–Kier alpha value is -0.990. The predicted octanol–water partition coefficient (Wildman–Crippen LogP) is -0.888. The molecule has 0 aliphatic carbocycles. The molecular formula is C5H9NO6S. The fourth-order valence-corrected chi connectivity index (χ4v) is 0.688. The van der Waals surface area contributed by atoms with Crippen LogP contribution >= 0.6 is 0 Å². The molecule has 0 aromatic carbocycles. The maximum absolute atomic E-state index is 10.5. The third-order valence-corrected chi connectivity index (χ3v) is 1.30. The second-order valence-corrected chi connectivity index (χ2v) is 3.19. The minimum absolute atomic E-state index is 0.0602. The van der Waals surface area contributed by atoms with Crippen molar-refractivity contribution in [1.82, 2.24) is 4.90 Å². The summed E-state index contributed by atoms with van der Waals surface area (Å²) in [5.74, 6) is -0.120. The first-order valence-electron chi connectivity index (χ1n) is 3.21. The van der Waals surface area contributed by atoms with Gasteiger partial charge in [0.25, 0.3) is 0 Å². The second kappa shape index (κ2) is 4.30. The summed E-state index contributed by atoms with van der Waals surface area (Å²) in [5.41, 5.74) is 0. The van der Waals surface area contributed by atoms with Crippen molar-refractivity contribution in [3.63, 3.8) is 0 Å². The molecule has 0 atom stereocenters. The van der Waals surface area contributed by atoms with Gasteiger partial charge in [0.1, 0.15) is 0 Å². The molecule has 0 radical (unpaired) electrons. The molecule has 13 heavy (non-hydrogen) atoms. The van der Waals surface area contributed by atoms with Crippen LogP contribution in [-0.4, -0.2) is 41.3 Å². The molecule has 0 aromatic heterocycles. The van der Waals surface area contributed by atoms with Crippen LogP contribution in [0.5, 0.6) is 0 Å². The van der Waals surface area contributed by atoms with Crippen molar-refractivity contribution in [2.24, 2.45) is 0 Å². The molecule has 7 nitrogen and oxygen atoms in total. The van der Waals surface area contributed by atoms with Crippen LogP contribution in [0.15, 0.2) is 0 Å². The van der Waals surface area contributed by atoms with Crippen molar-refractivity contribution in [2.75, 3.05) is 7.05 Å². The number of hydrogen-bond donors (Lipinski definition) is 2. The van der Waals surface area contributed by atoms with E-state index in [1.165, 1.54) is 11.9 Å². The molecule has 0 unspecified atom stereocenters. The molecule has 1 rings (SSSR count). The van der Waals surface area contributed by atoms with Gasteiger partial charge in [-0.1, -0.05) is 0 Å². The zero-order valence-corrected chi connectivity index (χ0v) is 7.61. The summed E-state index contributed by atoms with van der Waals surface area (Å²) in [5, 5.41) is 0. The molecule has 0 spiro atoms. The number of likely N-dealkylation sites (tertiary alicyclic amines) is 1. The summed E-state index contributed by atoms with van der Waals surface area (Å²) in [6.45, 7) is 0. The van der Waals surface area contributed by atoms with Crippen LogP contribution in [0.2, 0.25) is 0 Å². The number of carbonyl (C=O) groups excluding carboxylic acids is 2. The van der Waals surface area contributed by atoms with E-state index in [9.17, 15) is 9.59 Å². The van der Waals surface area contributed by atoms with Gasteiger partial charge in [-0.3, -0.25) is 23.6 Å². The fraction of sp³-hybridized carbons (Fsp3) is 0.600. The third-order valence-electron chi connectivity index (χ3n) is 1.30. The molecule has 2 amide bonds. The van der Waals surface area contributed by atoms with Crippen molar-refractivity contribution >= 4 is 22.2 Å². The van der Waals surface area contributed by atoms with E-state index in [0.29, 0.717) is 12.8 Å². The first-order valence-corrected chi connectivity index (χ1v) is 4.61. The highest BCUT2D eigenvalue weighted by Gasteiger charge is 2.24. The molecular weight excluding hydrogens is 202 g/mol. The summed E-state index contributed by atoms with van der Waals surface area (Å²) >= 11 is 0. The Kier molecular flexibility index (Phi) is 3.98. The molecule has 0 aromatic rings. The lowest BCUT2D eigenvalue weighted by molar-refractivity contribution is -0.136. The molecule has 0 bridgehead atoms. The van der Waals surface area contributed by atoms with Gasteiger partial charge in [0.2, 0.25) is 11.8 Å². The first-order chi connectivity index (χ1) is 5.72. The van der Waals surface area contributed by atoms with Crippen LogP contribution < -0.4 is 0 Å². The van der Waals surface area contributed by atoms with Crippen LogP contribution in [-0.2, 0) is 20.0 Å². The van der Waals surface area contributed by atoms with Crippen LogP contribution in [0, 0.1) is 0 Å². The van der Waals surface area contributed by atoms with Gasteiger partial charge in [-0.05, 0) is 0 Å². The van der Waals surface area contributed by atoms with Gasteiger partial charge in [0.15, 0.2) is 0 Å². The van der Waals surface area contributed by atoms with Gasteiger partial charge in [-0.15, -0.1) is 0 Å². The Bertz CT molecular complexity index is 283. The second-order valence-electron chi connectivity index (χ2n) is 2.29. The number of rotatable bonds is 0. The zero-order chi connectivity index (χ0) is 10.6. The maximum atomic E-state index is 10.5. The summed E-state index contributed by atoms with van der Waals surface area (Å²) in [6, 6.07) is 0. The average molecular weight is 211 g/mol. The molecule has 1 heterocycles. The van der Waals surface area contributed by atoms with Crippen molar-refractivity contribution in [3.05, 3.63) is 0 Å². The van der Waals surface area contributed by atoms with E-state index in [-0.39, 0.29) is 11.8 Å². The van der Waals surface area contributed by atoms with E-state index >= 15 is 0 Å². The van der Waals surface area contributed by atoms with Gasteiger partial charge in [0.05, 0.1) is 0 Å². The van der Waals surface area contributed by atoms with Crippen molar-refractivity contribution in [2.45, 2.75) is 12.8 Å². The summed E-state index contributed by atoms with van der Waals surface area (Å²) in [6.07, 6.45) is 0.796. The number of nitrogens with zero attached hydrogens (tertiary/aromatic N) is 1. The van der Waals surface area contributed by atoms with Gasteiger partial charge >= 0.3 is 10.4 Å². The van der Waals surface area contributed by atoms with Crippen molar-refractivity contribution in [3.8, 4) is 0 Å². The standard InChI is InChI=1S/C5H7NO2.H2O4S/c1-6-4(7)2-3-5(6)8;1-5(2,3)4/h2-3H2,1H3;(H2,1,2,3,4). The quantitative estimate of drug-likeness (QED) is 0.397. The van der Waals surface area contributed by atoms with Crippen LogP contribution in [0.1, 0.15) is 12.8 Å². The molecule has 0 saturated carbocycles. The molecule has 1 fully saturated rings. The average Bonchev–Trinajstić information content (AvgIpc) is 2.16. The minimum atomic E-state index is -4.67. The van der Waals surface area contributed by atoms with E-state index < -0.39 is 10.4 Å². The number of carbonyl (C=O) groups is 2.